The summed E-state index contributed by atoms with van der Waals surface area (Å²) < 4.78 is 6.01. The van der Waals surface area contributed by atoms with Crippen LogP contribution in [0, 0.1) is 0 Å². The van der Waals surface area contributed by atoms with E-state index in [-0.39, 0.29) is 0 Å². The minimum absolute atomic E-state index is 0.531. The van der Waals surface area contributed by atoms with Gasteiger partial charge in [0.1, 0.15) is 6.61 Å². The monoisotopic (exact) mass is 291 g/mol. The number of ether oxygens (including phenoxy) is 1. The van der Waals surface area contributed by atoms with Gasteiger partial charge in [-0.2, -0.15) is 0 Å². The third-order valence-corrected chi connectivity index (χ3v) is 4.15. The Morgan fingerprint density at radius 1 is 1.38 bits per heavy atom. The van der Waals surface area contributed by atoms with E-state index in [0.717, 1.165) is 37.6 Å². The molecule has 2 heterocycles. The molecule has 0 radical (unpaired) electrons. The maximum Gasteiger partial charge on any atom is 0.213 e. The van der Waals surface area contributed by atoms with Crippen LogP contribution >= 0.6 is 0 Å². The van der Waals surface area contributed by atoms with Crippen molar-refractivity contribution in [1.29, 1.82) is 0 Å². The predicted molar refractivity (Wildman–Crippen MR) is 86.8 cm³/mol. The molecular formula is C17H29N3O. The van der Waals surface area contributed by atoms with Crippen molar-refractivity contribution < 1.29 is 4.74 Å². The zero-order valence-corrected chi connectivity index (χ0v) is 13.7. The second-order valence-corrected chi connectivity index (χ2v) is 6.03. The highest BCUT2D eigenvalue weighted by Crippen LogP contribution is 2.18. The molecule has 2 rings (SSSR count). The molecule has 4 nitrogen and oxygen atoms in total. The van der Waals surface area contributed by atoms with Crippen LogP contribution in [0.2, 0.25) is 0 Å². The molecule has 1 N–H and O–H groups in total. The first-order valence-corrected chi connectivity index (χ1v) is 8.20. The Morgan fingerprint density at radius 2 is 2.24 bits per heavy atom. The van der Waals surface area contributed by atoms with Crippen molar-refractivity contribution in [2.75, 3.05) is 27.2 Å². The van der Waals surface area contributed by atoms with Crippen molar-refractivity contribution in [1.82, 2.24) is 15.2 Å². The van der Waals surface area contributed by atoms with Gasteiger partial charge in [0.15, 0.2) is 0 Å². The van der Waals surface area contributed by atoms with Gasteiger partial charge in [-0.3, -0.25) is 0 Å². The second-order valence-electron chi connectivity index (χ2n) is 6.03. The lowest BCUT2D eigenvalue weighted by molar-refractivity contribution is 0.122. The highest BCUT2D eigenvalue weighted by Gasteiger charge is 2.19. The Labute approximate surface area is 128 Å². The fourth-order valence-corrected chi connectivity index (χ4v) is 2.92. The summed E-state index contributed by atoms with van der Waals surface area (Å²) in [5.41, 5.74) is 2.39. The van der Waals surface area contributed by atoms with Crippen LogP contribution in [-0.4, -0.2) is 43.2 Å². The summed E-state index contributed by atoms with van der Waals surface area (Å²) in [6.45, 7) is 4.98. The lowest BCUT2D eigenvalue weighted by Gasteiger charge is -2.32. The Bertz CT molecular complexity index is 412. The molecule has 1 aliphatic rings. The van der Waals surface area contributed by atoms with Gasteiger partial charge in [-0.25, -0.2) is 4.98 Å². The van der Waals surface area contributed by atoms with Crippen LogP contribution in [0.1, 0.15) is 43.9 Å². The highest BCUT2D eigenvalue weighted by atomic mass is 16.5. The maximum atomic E-state index is 6.01. The molecule has 1 aromatic rings. The summed E-state index contributed by atoms with van der Waals surface area (Å²) in [5.74, 6) is 0.783. The number of aromatic nitrogens is 1. The van der Waals surface area contributed by atoms with E-state index in [1.807, 2.05) is 7.05 Å². The van der Waals surface area contributed by atoms with Gasteiger partial charge in [-0.1, -0.05) is 19.8 Å². The quantitative estimate of drug-likeness (QED) is 0.838. The number of nitrogens with one attached hydrogen (secondary N) is 1. The zero-order chi connectivity index (χ0) is 15.1. The number of hydrogen-bond acceptors (Lipinski definition) is 4. The molecule has 0 bridgehead atoms. The minimum Gasteiger partial charge on any atom is -0.476 e. The topological polar surface area (TPSA) is 37.4 Å². The number of pyridine rings is 1. The average molecular weight is 291 g/mol. The highest BCUT2D eigenvalue weighted by molar-refractivity contribution is 5.25. The molecule has 1 fully saturated rings. The number of likely N-dealkylation sites (N-methyl/N-ethyl adjacent to an activating group) is 1. The minimum atomic E-state index is 0.531. The van der Waals surface area contributed by atoms with Crippen molar-refractivity contribution in [2.45, 2.75) is 51.6 Å². The second kappa shape index (κ2) is 8.35. The van der Waals surface area contributed by atoms with E-state index in [1.165, 1.54) is 31.4 Å². The molecule has 1 atom stereocenters. The van der Waals surface area contributed by atoms with E-state index < -0.39 is 0 Å². The van der Waals surface area contributed by atoms with E-state index in [1.54, 1.807) is 0 Å². The number of hydrogen-bond donors (Lipinski definition) is 1. The molecule has 0 saturated carbocycles. The van der Waals surface area contributed by atoms with Gasteiger partial charge in [-0.15, -0.1) is 0 Å². The third-order valence-electron chi connectivity index (χ3n) is 4.15. The van der Waals surface area contributed by atoms with Crippen LogP contribution in [0.3, 0.4) is 0 Å². The van der Waals surface area contributed by atoms with Crippen LogP contribution < -0.4 is 10.1 Å². The smallest absolute Gasteiger partial charge is 0.213 e. The summed E-state index contributed by atoms with van der Waals surface area (Å²) >= 11 is 0. The molecule has 1 aliphatic heterocycles. The van der Waals surface area contributed by atoms with Gasteiger partial charge >= 0.3 is 0 Å². The molecule has 0 spiro atoms. The van der Waals surface area contributed by atoms with E-state index >= 15 is 0 Å². The lowest BCUT2D eigenvalue weighted by Crippen LogP contribution is -2.40. The van der Waals surface area contributed by atoms with Crippen molar-refractivity contribution >= 4 is 0 Å². The van der Waals surface area contributed by atoms with Crippen LogP contribution in [-0.2, 0) is 13.0 Å². The predicted octanol–water partition coefficient (Wildman–Crippen LogP) is 2.62. The molecule has 0 aliphatic carbocycles. The van der Waals surface area contributed by atoms with Crippen LogP contribution in [0.5, 0.6) is 5.88 Å². The first-order chi connectivity index (χ1) is 10.2. The van der Waals surface area contributed by atoms with E-state index in [4.69, 9.17) is 4.74 Å². The number of likely N-dealkylation sites (tertiary alicyclic amines) is 1. The molecule has 1 unspecified atom stereocenters. The molecule has 118 valence electrons. The van der Waals surface area contributed by atoms with E-state index in [9.17, 15) is 0 Å². The lowest BCUT2D eigenvalue weighted by atomic mass is 10.0. The molecule has 0 amide bonds. The van der Waals surface area contributed by atoms with Gasteiger partial charge < -0.3 is 15.0 Å². The first kappa shape index (κ1) is 16.2. The zero-order valence-electron chi connectivity index (χ0n) is 13.7. The molecule has 1 aromatic heterocycles. The fourth-order valence-electron chi connectivity index (χ4n) is 2.92. The Balaban J connectivity index is 2.00. The number of aryl methyl sites for hydroxylation is 1. The van der Waals surface area contributed by atoms with E-state index in [2.05, 4.69) is 41.3 Å². The van der Waals surface area contributed by atoms with Gasteiger partial charge in [-0.05, 0) is 51.5 Å². The number of rotatable bonds is 7. The molecule has 4 heteroatoms. The van der Waals surface area contributed by atoms with Gasteiger partial charge in [0.05, 0.1) is 0 Å². The molecule has 0 aromatic carbocycles. The number of piperidine rings is 1. The molecule has 1 saturated heterocycles. The standard InChI is InChI=1S/C17H29N3O/c1-4-7-15-10-14(12-18-2)11-17(19-15)21-13-16-8-5-6-9-20(16)3/h10-11,16,18H,4-9,12-13H2,1-3H3. The summed E-state index contributed by atoms with van der Waals surface area (Å²) in [7, 11) is 4.16. The van der Waals surface area contributed by atoms with Crippen molar-refractivity contribution in [3.8, 4) is 5.88 Å². The Morgan fingerprint density at radius 3 is 2.95 bits per heavy atom. The molecule has 21 heavy (non-hydrogen) atoms. The third kappa shape index (κ3) is 4.97. The van der Waals surface area contributed by atoms with Crippen LogP contribution in [0.4, 0.5) is 0 Å². The van der Waals surface area contributed by atoms with Gasteiger partial charge in [0.2, 0.25) is 5.88 Å². The van der Waals surface area contributed by atoms with Gasteiger partial charge in [0, 0.05) is 24.3 Å². The summed E-state index contributed by atoms with van der Waals surface area (Å²) in [5, 5.41) is 3.20. The summed E-state index contributed by atoms with van der Waals surface area (Å²) in [6, 6.07) is 4.78. The van der Waals surface area contributed by atoms with E-state index in [0.29, 0.717) is 6.04 Å². The van der Waals surface area contributed by atoms with Gasteiger partial charge in [0.25, 0.3) is 0 Å². The van der Waals surface area contributed by atoms with Crippen molar-refractivity contribution in [3.63, 3.8) is 0 Å². The largest absolute Gasteiger partial charge is 0.476 e. The first-order valence-electron chi connectivity index (χ1n) is 8.20. The maximum absolute atomic E-state index is 6.01. The normalized spacial score (nSPS) is 19.7. The SMILES string of the molecule is CCCc1cc(CNC)cc(OCC2CCCCN2C)n1. The average Bonchev–Trinajstić information content (AvgIpc) is 2.47. The summed E-state index contributed by atoms with van der Waals surface area (Å²) in [6.07, 6.45) is 5.98. The van der Waals surface area contributed by atoms with Crippen molar-refractivity contribution in [3.05, 3.63) is 23.4 Å². The van der Waals surface area contributed by atoms with Crippen LogP contribution in [0.15, 0.2) is 12.1 Å². The molecular weight excluding hydrogens is 262 g/mol. The fraction of sp³-hybridized carbons (Fsp3) is 0.706. The Kier molecular flexibility index (Phi) is 6.46. The van der Waals surface area contributed by atoms with Crippen LogP contribution in [0.25, 0.3) is 0 Å². The van der Waals surface area contributed by atoms with Crippen molar-refractivity contribution in [2.24, 2.45) is 0 Å². The Hall–Kier alpha value is -1.13. The summed E-state index contributed by atoms with van der Waals surface area (Å²) in [4.78, 5) is 7.06. The number of nitrogens with zero attached hydrogens (tertiary/aromatic N) is 2.